The molecule has 2 rings (SSSR count). The third-order valence-electron chi connectivity index (χ3n) is 2.37. The Hall–Kier alpha value is -2.21. The lowest BCUT2D eigenvalue weighted by atomic mass is 10.3. The molecule has 0 aliphatic rings. The second-order valence-electron chi connectivity index (χ2n) is 3.70. The molecule has 6 heteroatoms. The number of nitrogens with one attached hydrogen (secondary N) is 2. The van der Waals surface area contributed by atoms with Gasteiger partial charge in [0.15, 0.2) is 0 Å². The molecule has 0 bridgehead atoms. The van der Waals surface area contributed by atoms with Crippen LogP contribution in [-0.2, 0) is 6.42 Å². The molecule has 0 spiro atoms. The standard InChI is InChI=1S/C12H14FN5/c1-2-9-7-11(18-14)17-12(15-9)16-10-5-3-4-8(13)6-10/h3-7H,2,14H2,1H3,(H2,15,16,17,18). The van der Waals surface area contributed by atoms with Gasteiger partial charge >= 0.3 is 0 Å². The SMILES string of the molecule is CCc1cc(NN)nc(Nc2cccc(F)c2)n1. The van der Waals surface area contributed by atoms with Crippen molar-refractivity contribution in [2.75, 3.05) is 10.7 Å². The fourth-order valence-corrected chi connectivity index (χ4v) is 1.50. The normalized spacial score (nSPS) is 10.2. The van der Waals surface area contributed by atoms with E-state index in [0.29, 0.717) is 17.5 Å². The Bertz CT molecular complexity index is 521. The van der Waals surface area contributed by atoms with Gasteiger partial charge in [-0.3, -0.25) is 0 Å². The van der Waals surface area contributed by atoms with Crippen molar-refractivity contribution < 1.29 is 4.39 Å². The molecule has 0 atom stereocenters. The van der Waals surface area contributed by atoms with Gasteiger partial charge in [0.25, 0.3) is 0 Å². The van der Waals surface area contributed by atoms with E-state index in [0.717, 1.165) is 12.1 Å². The largest absolute Gasteiger partial charge is 0.324 e. The fraction of sp³-hybridized carbons (Fsp3) is 0.167. The number of aromatic nitrogens is 2. The van der Waals surface area contributed by atoms with E-state index in [4.69, 9.17) is 5.84 Å². The highest BCUT2D eigenvalue weighted by molar-refractivity contribution is 5.55. The number of benzene rings is 1. The quantitative estimate of drug-likeness (QED) is 0.570. The van der Waals surface area contributed by atoms with Crippen molar-refractivity contribution in [1.29, 1.82) is 0 Å². The fourth-order valence-electron chi connectivity index (χ4n) is 1.50. The smallest absolute Gasteiger partial charge is 0.229 e. The summed E-state index contributed by atoms with van der Waals surface area (Å²) in [5, 5.41) is 2.94. The van der Waals surface area contributed by atoms with Crippen LogP contribution in [0, 0.1) is 5.82 Å². The van der Waals surface area contributed by atoms with Gasteiger partial charge in [-0.1, -0.05) is 13.0 Å². The highest BCUT2D eigenvalue weighted by Crippen LogP contribution is 2.16. The average Bonchev–Trinajstić information content (AvgIpc) is 2.38. The first-order valence-corrected chi connectivity index (χ1v) is 5.58. The van der Waals surface area contributed by atoms with Gasteiger partial charge in [-0.05, 0) is 24.6 Å². The van der Waals surface area contributed by atoms with Gasteiger partial charge in [-0.15, -0.1) is 0 Å². The van der Waals surface area contributed by atoms with E-state index < -0.39 is 0 Å². The number of hydrazine groups is 1. The number of halogens is 1. The minimum atomic E-state index is -0.316. The van der Waals surface area contributed by atoms with Crippen LogP contribution in [0.3, 0.4) is 0 Å². The molecule has 0 aliphatic carbocycles. The molecule has 0 saturated heterocycles. The van der Waals surface area contributed by atoms with Gasteiger partial charge < -0.3 is 10.7 Å². The average molecular weight is 247 g/mol. The summed E-state index contributed by atoms with van der Waals surface area (Å²) >= 11 is 0. The van der Waals surface area contributed by atoms with Crippen LogP contribution in [0.15, 0.2) is 30.3 Å². The van der Waals surface area contributed by atoms with Crippen LogP contribution in [0.4, 0.5) is 21.8 Å². The third-order valence-corrected chi connectivity index (χ3v) is 2.37. The van der Waals surface area contributed by atoms with E-state index in [2.05, 4.69) is 20.7 Å². The molecule has 1 aromatic carbocycles. The van der Waals surface area contributed by atoms with Gasteiger partial charge in [0, 0.05) is 17.4 Å². The van der Waals surface area contributed by atoms with E-state index in [1.807, 2.05) is 6.92 Å². The van der Waals surface area contributed by atoms with Gasteiger partial charge in [-0.25, -0.2) is 15.2 Å². The lowest BCUT2D eigenvalue weighted by Crippen LogP contribution is -2.11. The summed E-state index contributed by atoms with van der Waals surface area (Å²) in [7, 11) is 0. The van der Waals surface area contributed by atoms with Gasteiger partial charge in [-0.2, -0.15) is 4.98 Å². The van der Waals surface area contributed by atoms with E-state index in [1.54, 1.807) is 18.2 Å². The summed E-state index contributed by atoms with van der Waals surface area (Å²) in [6, 6.07) is 7.86. The molecule has 5 nitrogen and oxygen atoms in total. The lowest BCUT2D eigenvalue weighted by molar-refractivity contribution is 0.628. The maximum Gasteiger partial charge on any atom is 0.229 e. The van der Waals surface area contributed by atoms with Crippen LogP contribution >= 0.6 is 0 Å². The number of rotatable bonds is 4. The molecule has 0 saturated carbocycles. The first-order chi connectivity index (χ1) is 8.71. The van der Waals surface area contributed by atoms with Crippen LogP contribution in [-0.4, -0.2) is 9.97 Å². The first kappa shape index (κ1) is 12.3. The summed E-state index contributed by atoms with van der Waals surface area (Å²) in [5.74, 6) is 5.91. The molecule has 1 aromatic heterocycles. The maximum atomic E-state index is 13.0. The van der Waals surface area contributed by atoms with Crippen molar-refractivity contribution in [2.45, 2.75) is 13.3 Å². The van der Waals surface area contributed by atoms with Gasteiger partial charge in [0.05, 0.1) is 0 Å². The monoisotopic (exact) mass is 247 g/mol. The number of aryl methyl sites for hydroxylation is 1. The molecule has 1 heterocycles. The predicted molar refractivity (Wildman–Crippen MR) is 68.9 cm³/mol. The summed E-state index contributed by atoms with van der Waals surface area (Å²) in [6.07, 6.45) is 0.759. The molecule has 0 unspecified atom stereocenters. The molecular weight excluding hydrogens is 233 g/mol. The van der Waals surface area contributed by atoms with Crippen LogP contribution < -0.4 is 16.6 Å². The van der Waals surface area contributed by atoms with E-state index in [-0.39, 0.29) is 5.82 Å². The summed E-state index contributed by atoms with van der Waals surface area (Å²) in [5.41, 5.74) is 3.91. The highest BCUT2D eigenvalue weighted by atomic mass is 19.1. The van der Waals surface area contributed by atoms with E-state index in [9.17, 15) is 4.39 Å². The number of nitrogens with zero attached hydrogens (tertiary/aromatic N) is 2. The number of hydrogen-bond donors (Lipinski definition) is 3. The first-order valence-electron chi connectivity index (χ1n) is 5.58. The summed E-state index contributed by atoms with van der Waals surface area (Å²) < 4.78 is 13.0. The molecule has 94 valence electrons. The summed E-state index contributed by atoms with van der Waals surface area (Å²) in [6.45, 7) is 1.98. The number of nitrogens with two attached hydrogens (primary N) is 1. The zero-order valence-electron chi connectivity index (χ0n) is 9.94. The third kappa shape index (κ3) is 2.92. The Morgan fingerprint density at radius 1 is 1.28 bits per heavy atom. The van der Waals surface area contributed by atoms with Crippen LogP contribution in [0.1, 0.15) is 12.6 Å². The van der Waals surface area contributed by atoms with Gasteiger partial charge in [0.1, 0.15) is 11.6 Å². The topological polar surface area (TPSA) is 75.9 Å². The zero-order valence-corrected chi connectivity index (χ0v) is 9.94. The highest BCUT2D eigenvalue weighted by Gasteiger charge is 2.03. The van der Waals surface area contributed by atoms with E-state index >= 15 is 0 Å². The maximum absolute atomic E-state index is 13.0. The molecule has 2 aromatic rings. The second-order valence-corrected chi connectivity index (χ2v) is 3.70. The minimum Gasteiger partial charge on any atom is -0.324 e. The second kappa shape index (κ2) is 5.42. The Kier molecular flexibility index (Phi) is 3.69. The number of nitrogen functional groups attached to an aromatic ring is 1. The molecule has 0 aliphatic heterocycles. The molecular formula is C12H14FN5. The zero-order chi connectivity index (χ0) is 13.0. The number of hydrogen-bond acceptors (Lipinski definition) is 5. The Balaban J connectivity index is 2.28. The minimum absolute atomic E-state index is 0.316. The molecule has 0 amide bonds. The van der Waals surface area contributed by atoms with Crippen molar-refractivity contribution in [3.63, 3.8) is 0 Å². The van der Waals surface area contributed by atoms with Crippen molar-refractivity contribution in [3.8, 4) is 0 Å². The van der Waals surface area contributed by atoms with E-state index in [1.165, 1.54) is 12.1 Å². The Morgan fingerprint density at radius 3 is 2.78 bits per heavy atom. The lowest BCUT2D eigenvalue weighted by Gasteiger charge is -2.08. The Morgan fingerprint density at radius 2 is 2.11 bits per heavy atom. The molecule has 18 heavy (non-hydrogen) atoms. The summed E-state index contributed by atoms with van der Waals surface area (Å²) in [4.78, 5) is 8.43. The van der Waals surface area contributed by atoms with Crippen molar-refractivity contribution >= 4 is 17.5 Å². The van der Waals surface area contributed by atoms with Gasteiger partial charge in [0.2, 0.25) is 5.95 Å². The van der Waals surface area contributed by atoms with Crippen LogP contribution in [0.2, 0.25) is 0 Å². The number of anilines is 3. The van der Waals surface area contributed by atoms with Crippen molar-refractivity contribution in [2.24, 2.45) is 5.84 Å². The molecule has 4 N–H and O–H groups in total. The van der Waals surface area contributed by atoms with Crippen molar-refractivity contribution in [3.05, 3.63) is 41.8 Å². The van der Waals surface area contributed by atoms with Crippen molar-refractivity contribution in [1.82, 2.24) is 9.97 Å². The predicted octanol–water partition coefficient (Wildman–Crippen LogP) is 2.21. The molecule has 0 radical (unpaired) electrons. The Labute approximate surface area is 104 Å². The van der Waals surface area contributed by atoms with Crippen LogP contribution in [0.25, 0.3) is 0 Å². The molecule has 0 fully saturated rings. The van der Waals surface area contributed by atoms with Crippen LogP contribution in [0.5, 0.6) is 0 Å².